The number of carbonyl (C=O) groups excluding carboxylic acids is 1. The Labute approximate surface area is 130 Å². The van der Waals surface area contributed by atoms with Crippen molar-refractivity contribution in [2.24, 2.45) is 0 Å². The normalized spacial score (nSPS) is 21.5. The van der Waals surface area contributed by atoms with Crippen molar-refractivity contribution in [2.75, 3.05) is 20.2 Å². The maximum Gasteiger partial charge on any atom is 0.335 e. The van der Waals surface area contributed by atoms with Gasteiger partial charge in [-0.25, -0.2) is 9.59 Å². The molecule has 1 atom stereocenters. The summed E-state index contributed by atoms with van der Waals surface area (Å²) in [5.41, 5.74) is 0.825. The molecule has 0 spiro atoms. The Bertz CT molecular complexity index is 544. The third-order valence-corrected chi connectivity index (χ3v) is 4.08. The Morgan fingerprint density at radius 3 is 2.64 bits per heavy atom. The maximum absolute atomic E-state index is 12.2. The lowest BCUT2D eigenvalue weighted by molar-refractivity contribution is -0.0401. The Hall–Kier alpha value is -2.08. The molecular formula is C16H22N2O4. The van der Waals surface area contributed by atoms with E-state index in [1.165, 1.54) is 12.1 Å². The largest absolute Gasteiger partial charge is 0.478 e. The van der Waals surface area contributed by atoms with Crippen LogP contribution >= 0.6 is 0 Å². The van der Waals surface area contributed by atoms with E-state index in [1.807, 2.05) is 6.92 Å². The third-order valence-electron chi connectivity index (χ3n) is 4.08. The Balaban J connectivity index is 1.88. The van der Waals surface area contributed by atoms with E-state index in [1.54, 1.807) is 24.1 Å². The van der Waals surface area contributed by atoms with Gasteiger partial charge in [-0.2, -0.15) is 0 Å². The number of ether oxygens (including phenoxy) is 1. The molecule has 1 fully saturated rings. The molecule has 1 aromatic rings. The van der Waals surface area contributed by atoms with Crippen LogP contribution in [0.5, 0.6) is 0 Å². The number of methoxy groups -OCH3 is 1. The number of urea groups is 1. The van der Waals surface area contributed by atoms with Crippen molar-refractivity contribution in [3.63, 3.8) is 0 Å². The Kier molecular flexibility index (Phi) is 5.03. The van der Waals surface area contributed by atoms with Crippen molar-refractivity contribution in [2.45, 2.75) is 31.9 Å². The molecule has 0 bridgehead atoms. The average molecular weight is 306 g/mol. The average Bonchev–Trinajstić information content (AvgIpc) is 2.53. The van der Waals surface area contributed by atoms with Crippen LogP contribution in [0.4, 0.5) is 4.79 Å². The molecule has 0 aliphatic carbocycles. The summed E-state index contributed by atoms with van der Waals surface area (Å²) in [6.45, 7) is 3.69. The van der Waals surface area contributed by atoms with Crippen LogP contribution in [-0.4, -0.2) is 47.8 Å². The van der Waals surface area contributed by atoms with Crippen molar-refractivity contribution in [3.8, 4) is 0 Å². The zero-order valence-corrected chi connectivity index (χ0v) is 13.0. The fourth-order valence-electron chi connectivity index (χ4n) is 2.60. The van der Waals surface area contributed by atoms with Crippen molar-refractivity contribution >= 4 is 12.0 Å². The number of nitrogens with zero attached hydrogens (tertiary/aromatic N) is 1. The maximum atomic E-state index is 12.2. The van der Waals surface area contributed by atoms with Crippen LogP contribution in [0.3, 0.4) is 0 Å². The van der Waals surface area contributed by atoms with Gasteiger partial charge in [0.15, 0.2) is 0 Å². The molecule has 1 aliphatic rings. The van der Waals surface area contributed by atoms with Crippen molar-refractivity contribution in [1.82, 2.24) is 10.2 Å². The lowest BCUT2D eigenvalue weighted by Gasteiger charge is -2.39. The van der Waals surface area contributed by atoms with Crippen molar-refractivity contribution < 1.29 is 19.4 Å². The lowest BCUT2D eigenvalue weighted by Crippen LogP contribution is -2.52. The number of benzene rings is 1. The van der Waals surface area contributed by atoms with E-state index in [-0.39, 0.29) is 17.2 Å². The van der Waals surface area contributed by atoms with E-state index in [0.717, 1.165) is 24.9 Å². The van der Waals surface area contributed by atoms with Gasteiger partial charge in [0.05, 0.1) is 17.7 Å². The molecule has 6 nitrogen and oxygen atoms in total. The van der Waals surface area contributed by atoms with E-state index in [0.29, 0.717) is 13.1 Å². The monoisotopic (exact) mass is 306 g/mol. The predicted octanol–water partition coefficient (Wildman–Crippen LogP) is 2.10. The van der Waals surface area contributed by atoms with Gasteiger partial charge in [-0.1, -0.05) is 12.1 Å². The second kappa shape index (κ2) is 6.79. The molecule has 0 saturated carbocycles. The molecule has 1 aromatic carbocycles. The summed E-state index contributed by atoms with van der Waals surface area (Å²) in [6, 6.07) is 6.36. The number of carboxylic acid groups (broad SMARTS) is 1. The number of nitrogens with one attached hydrogen (secondary N) is 1. The van der Waals surface area contributed by atoms with Gasteiger partial charge >= 0.3 is 12.0 Å². The highest BCUT2D eigenvalue weighted by atomic mass is 16.5. The van der Waals surface area contributed by atoms with Crippen LogP contribution in [0.25, 0.3) is 0 Å². The van der Waals surface area contributed by atoms with Crippen LogP contribution in [0, 0.1) is 0 Å². The van der Waals surface area contributed by atoms with Gasteiger partial charge in [0.2, 0.25) is 0 Å². The third kappa shape index (κ3) is 3.98. The zero-order valence-electron chi connectivity index (χ0n) is 13.0. The van der Waals surface area contributed by atoms with Crippen LogP contribution in [-0.2, 0) is 11.3 Å². The number of rotatable bonds is 4. The number of carbonyl (C=O) groups is 2. The molecular weight excluding hydrogens is 284 g/mol. The van der Waals surface area contributed by atoms with Crippen LogP contribution in [0.1, 0.15) is 35.7 Å². The summed E-state index contributed by atoms with van der Waals surface area (Å²) in [5.74, 6) is -0.956. The summed E-state index contributed by atoms with van der Waals surface area (Å²) < 4.78 is 5.48. The van der Waals surface area contributed by atoms with E-state index in [9.17, 15) is 9.59 Å². The number of likely N-dealkylation sites (tertiary alicyclic amines) is 1. The Morgan fingerprint density at radius 2 is 2.05 bits per heavy atom. The first kappa shape index (κ1) is 16.3. The number of aromatic carboxylic acids is 1. The highest BCUT2D eigenvalue weighted by molar-refractivity contribution is 5.87. The summed E-state index contributed by atoms with van der Waals surface area (Å²) >= 11 is 0. The van der Waals surface area contributed by atoms with E-state index >= 15 is 0 Å². The molecule has 22 heavy (non-hydrogen) atoms. The van der Waals surface area contributed by atoms with E-state index in [4.69, 9.17) is 9.84 Å². The van der Waals surface area contributed by atoms with Gasteiger partial charge in [-0.05, 0) is 37.5 Å². The molecule has 2 rings (SSSR count). The summed E-state index contributed by atoms with van der Waals surface area (Å²) in [7, 11) is 1.67. The zero-order chi connectivity index (χ0) is 16.2. The van der Waals surface area contributed by atoms with Crippen LogP contribution in [0.2, 0.25) is 0 Å². The molecule has 0 radical (unpaired) electrons. The van der Waals surface area contributed by atoms with Gasteiger partial charge in [0.25, 0.3) is 0 Å². The summed E-state index contributed by atoms with van der Waals surface area (Å²) in [6.07, 6.45) is 1.87. The van der Waals surface area contributed by atoms with Gasteiger partial charge in [-0.15, -0.1) is 0 Å². The number of carboxylic acids is 1. The van der Waals surface area contributed by atoms with E-state index in [2.05, 4.69) is 5.32 Å². The first-order valence-corrected chi connectivity index (χ1v) is 7.34. The van der Waals surface area contributed by atoms with E-state index < -0.39 is 5.97 Å². The topological polar surface area (TPSA) is 78.9 Å². The standard InChI is InChI=1S/C16H22N2O4/c1-16(22-2)8-3-9-18(11-16)15(21)17-10-12-4-6-13(7-5-12)14(19)20/h4-7H,3,8-11H2,1-2H3,(H,17,21)(H,19,20). The molecule has 1 aliphatic heterocycles. The quantitative estimate of drug-likeness (QED) is 0.893. The molecule has 6 heteroatoms. The highest BCUT2D eigenvalue weighted by Gasteiger charge is 2.32. The van der Waals surface area contributed by atoms with Gasteiger partial charge in [0, 0.05) is 20.2 Å². The first-order valence-electron chi connectivity index (χ1n) is 7.34. The number of amides is 2. The molecule has 1 heterocycles. The smallest absolute Gasteiger partial charge is 0.335 e. The van der Waals surface area contributed by atoms with Gasteiger partial charge in [-0.3, -0.25) is 0 Å². The molecule has 0 aromatic heterocycles. The number of piperidine rings is 1. The minimum atomic E-state index is -0.956. The number of hydrogen-bond donors (Lipinski definition) is 2. The SMILES string of the molecule is COC1(C)CCCN(C(=O)NCc2ccc(C(=O)O)cc2)C1. The molecule has 120 valence electrons. The summed E-state index contributed by atoms with van der Waals surface area (Å²) in [5, 5.41) is 11.7. The molecule has 1 saturated heterocycles. The van der Waals surface area contributed by atoms with Crippen molar-refractivity contribution in [3.05, 3.63) is 35.4 Å². The summed E-state index contributed by atoms with van der Waals surface area (Å²) in [4.78, 5) is 24.8. The number of hydrogen-bond acceptors (Lipinski definition) is 3. The minimum Gasteiger partial charge on any atom is -0.478 e. The lowest BCUT2D eigenvalue weighted by atomic mass is 9.95. The molecule has 2 N–H and O–H groups in total. The highest BCUT2D eigenvalue weighted by Crippen LogP contribution is 2.23. The van der Waals surface area contributed by atoms with Gasteiger partial charge < -0.3 is 20.1 Å². The minimum absolute atomic E-state index is 0.120. The molecule has 2 amide bonds. The van der Waals surface area contributed by atoms with Gasteiger partial charge in [0.1, 0.15) is 0 Å². The van der Waals surface area contributed by atoms with Crippen LogP contribution < -0.4 is 5.32 Å². The fraction of sp³-hybridized carbons (Fsp3) is 0.500. The fourth-order valence-corrected chi connectivity index (χ4v) is 2.60. The van der Waals surface area contributed by atoms with Crippen molar-refractivity contribution in [1.29, 1.82) is 0 Å². The van der Waals surface area contributed by atoms with Crippen LogP contribution in [0.15, 0.2) is 24.3 Å². The second-order valence-electron chi connectivity index (χ2n) is 5.84. The Morgan fingerprint density at radius 1 is 1.36 bits per heavy atom. The predicted molar refractivity (Wildman–Crippen MR) is 81.9 cm³/mol. The second-order valence-corrected chi connectivity index (χ2v) is 5.84. The first-order chi connectivity index (χ1) is 10.4. The molecule has 1 unspecified atom stereocenters.